The highest BCUT2D eigenvalue weighted by atomic mass is 32.2. The van der Waals surface area contributed by atoms with Gasteiger partial charge in [0.25, 0.3) is 0 Å². The molecule has 26 heavy (non-hydrogen) atoms. The highest BCUT2D eigenvalue weighted by Gasteiger charge is 2.13. The minimum Gasteiger partial charge on any atom is -0.325 e. The van der Waals surface area contributed by atoms with E-state index in [9.17, 15) is 4.79 Å². The minimum absolute atomic E-state index is 0.0885. The van der Waals surface area contributed by atoms with E-state index in [1.807, 2.05) is 50.2 Å². The molecule has 0 radical (unpaired) electrons. The fourth-order valence-corrected chi connectivity index (χ4v) is 3.30. The first-order valence-electron chi connectivity index (χ1n) is 8.44. The first kappa shape index (κ1) is 18.1. The van der Waals surface area contributed by atoms with Crippen molar-refractivity contribution in [2.45, 2.75) is 32.3 Å². The monoisotopic (exact) mass is 367 g/mol. The molecule has 0 bridgehead atoms. The fourth-order valence-electron chi connectivity index (χ4n) is 2.61. The minimum atomic E-state index is -0.0885. The number of aromatic nitrogens is 4. The van der Waals surface area contributed by atoms with Gasteiger partial charge in [0.05, 0.1) is 11.4 Å². The Morgan fingerprint density at radius 3 is 2.62 bits per heavy atom. The maximum atomic E-state index is 12.2. The lowest BCUT2D eigenvalue weighted by molar-refractivity contribution is -0.113. The van der Waals surface area contributed by atoms with E-state index >= 15 is 0 Å². The molecular weight excluding hydrogens is 346 g/mol. The fraction of sp³-hybridized carbons (Fsp3) is 0.263. The van der Waals surface area contributed by atoms with Crippen LogP contribution >= 0.6 is 11.8 Å². The summed E-state index contributed by atoms with van der Waals surface area (Å²) in [6, 6.07) is 14.0. The van der Waals surface area contributed by atoms with Gasteiger partial charge < -0.3 is 5.32 Å². The average Bonchev–Trinajstić information content (AvgIpc) is 3.09. The molecule has 0 aliphatic carbocycles. The number of rotatable bonds is 6. The summed E-state index contributed by atoms with van der Waals surface area (Å²) in [5.74, 6) is 0.148. The van der Waals surface area contributed by atoms with Gasteiger partial charge in [-0.15, -0.1) is 5.10 Å². The van der Waals surface area contributed by atoms with Crippen molar-refractivity contribution in [3.8, 4) is 5.69 Å². The lowest BCUT2D eigenvalue weighted by Crippen LogP contribution is -2.14. The molecule has 1 amide bonds. The third kappa shape index (κ3) is 4.29. The van der Waals surface area contributed by atoms with Crippen LogP contribution in [0.5, 0.6) is 0 Å². The van der Waals surface area contributed by atoms with Crippen molar-refractivity contribution in [2.24, 2.45) is 0 Å². The van der Waals surface area contributed by atoms with Crippen LogP contribution in [0.25, 0.3) is 5.69 Å². The molecule has 0 atom stereocenters. The van der Waals surface area contributed by atoms with Crippen molar-refractivity contribution in [3.63, 3.8) is 0 Å². The molecule has 3 aromatic rings. The first-order valence-corrected chi connectivity index (χ1v) is 9.43. The molecule has 3 rings (SSSR count). The molecule has 7 heteroatoms. The SMILES string of the molecule is CCc1ccc(NC(=O)CSc2nnnn2-c2ccc(C)cc2C)cc1. The summed E-state index contributed by atoms with van der Waals surface area (Å²) in [6.07, 6.45) is 0.977. The molecule has 1 heterocycles. The zero-order valence-corrected chi connectivity index (χ0v) is 15.9. The van der Waals surface area contributed by atoms with Gasteiger partial charge in [-0.25, -0.2) is 0 Å². The van der Waals surface area contributed by atoms with Gasteiger partial charge in [0, 0.05) is 5.69 Å². The summed E-state index contributed by atoms with van der Waals surface area (Å²) < 4.78 is 1.67. The molecule has 0 unspecified atom stereocenters. The van der Waals surface area contributed by atoms with E-state index in [4.69, 9.17) is 0 Å². The molecule has 1 aromatic heterocycles. The number of benzene rings is 2. The van der Waals surface area contributed by atoms with Gasteiger partial charge in [-0.1, -0.05) is 48.5 Å². The molecule has 0 spiro atoms. The van der Waals surface area contributed by atoms with Crippen molar-refractivity contribution in [2.75, 3.05) is 11.1 Å². The summed E-state index contributed by atoms with van der Waals surface area (Å²) in [5.41, 5.74) is 5.21. The van der Waals surface area contributed by atoms with Gasteiger partial charge in [0.1, 0.15) is 0 Å². The smallest absolute Gasteiger partial charge is 0.234 e. The number of carbonyl (C=O) groups is 1. The quantitative estimate of drug-likeness (QED) is 0.674. The standard InChI is InChI=1S/C19H21N5OS/c1-4-15-6-8-16(9-7-15)20-18(25)12-26-19-21-22-23-24(19)17-10-5-13(2)11-14(17)3/h5-11H,4,12H2,1-3H3,(H,20,25). The zero-order valence-electron chi connectivity index (χ0n) is 15.1. The molecule has 134 valence electrons. The van der Waals surface area contributed by atoms with Crippen molar-refractivity contribution >= 4 is 23.4 Å². The number of anilines is 1. The van der Waals surface area contributed by atoms with Crippen molar-refractivity contribution in [1.82, 2.24) is 20.2 Å². The number of hydrogen-bond donors (Lipinski definition) is 1. The van der Waals surface area contributed by atoms with Gasteiger partial charge in [-0.3, -0.25) is 4.79 Å². The number of amides is 1. The number of nitrogens with one attached hydrogen (secondary N) is 1. The Balaban J connectivity index is 1.65. The van der Waals surface area contributed by atoms with E-state index in [0.717, 1.165) is 23.4 Å². The second-order valence-corrected chi connectivity index (χ2v) is 6.99. The average molecular weight is 367 g/mol. The Hall–Kier alpha value is -2.67. The number of thioether (sulfide) groups is 1. The summed E-state index contributed by atoms with van der Waals surface area (Å²) in [6.45, 7) is 6.17. The molecule has 0 saturated heterocycles. The largest absolute Gasteiger partial charge is 0.325 e. The third-order valence-electron chi connectivity index (χ3n) is 4.00. The van der Waals surface area contributed by atoms with Crippen LogP contribution in [0.3, 0.4) is 0 Å². The Morgan fingerprint density at radius 2 is 1.92 bits per heavy atom. The topological polar surface area (TPSA) is 72.7 Å². The van der Waals surface area contributed by atoms with Crippen LogP contribution in [-0.4, -0.2) is 31.9 Å². The Kier molecular flexibility index (Phi) is 5.68. The number of nitrogens with zero attached hydrogens (tertiary/aromatic N) is 4. The number of hydrogen-bond acceptors (Lipinski definition) is 5. The van der Waals surface area contributed by atoms with Crippen LogP contribution in [0.2, 0.25) is 0 Å². The molecule has 6 nitrogen and oxygen atoms in total. The van der Waals surface area contributed by atoms with Crippen molar-refractivity contribution in [3.05, 3.63) is 59.2 Å². The van der Waals surface area contributed by atoms with E-state index < -0.39 is 0 Å². The summed E-state index contributed by atoms with van der Waals surface area (Å²) in [5, 5.41) is 15.3. The molecule has 0 fully saturated rings. The van der Waals surface area contributed by atoms with E-state index in [2.05, 4.69) is 33.8 Å². The highest BCUT2D eigenvalue weighted by Crippen LogP contribution is 2.21. The predicted octanol–water partition coefficient (Wildman–Crippen LogP) is 3.57. The maximum Gasteiger partial charge on any atom is 0.234 e. The summed E-state index contributed by atoms with van der Waals surface area (Å²) >= 11 is 1.31. The number of carbonyl (C=O) groups excluding carboxylic acids is 1. The number of aryl methyl sites for hydroxylation is 3. The van der Waals surface area contributed by atoms with Gasteiger partial charge in [-0.2, -0.15) is 4.68 Å². The van der Waals surface area contributed by atoms with E-state index in [-0.39, 0.29) is 11.7 Å². The van der Waals surface area contributed by atoms with E-state index in [1.165, 1.54) is 22.9 Å². The highest BCUT2D eigenvalue weighted by molar-refractivity contribution is 7.99. The van der Waals surface area contributed by atoms with E-state index in [0.29, 0.717) is 5.16 Å². The van der Waals surface area contributed by atoms with Crippen LogP contribution in [0.4, 0.5) is 5.69 Å². The van der Waals surface area contributed by atoms with Crippen LogP contribution in [0.15, 0.2) is 47.6 Å². The van der Waals surface area contributed by atoms with Crippen molar-refractivity contribution in [1.29, 1.82) is 0 Å². The Morgan fingerprint density at radius 1 is 1.15 bits per heavy atom. The summed E-state index contributed by atoms with van der Waals surface area (Å²) in [7, 11) is 0. The number of tetrazole rings is 1. The van der Waals surface area contributed by atoms with Gasteiger partial charge in [0.15, 0.2) is 0 Å². The molecule has 2 aromatic carbocycles. The molecular formula is C19H21N5OS. The molecule has 0 saturated carbocycles. The first-order chi connectivity index (χ1) is 12.6. The van der Waals surface area contributed by atoms with Crippen LogP contribution in [-0.2, 0) is 11.2 Å². The van der Waals surface area contributed by atoms with Gasteiger partial charge >= 0.3 is 0 Å². The second kappa shape index (κ2) is 8.14. The molecule has 1 N–H and O–H groups in total. The van der Waals surface area contributed by atoms with Gasteiger partial charge in [-0.05, 0) is 60.0 Å². The van der Waals surface area contributed by atoms with E-state index in [1.54, 1.807) is 4.68 Å². The lowest BCUT2D eigenvalue weighted by atomic mass is 10.1. The van der Waals surface area contributed by atoms with Crippen LogP contribution in [0, 0.1) is 13.8 Å². The van der Waals surface area contributed by atoms with Crippen molar-refractivity contribution < 1.29 is 4.79 Å². The summed E-state index contributed by atoms with van der Waals surface area (Å²) in [4.78, 5) is 12.2. The molecule has 0 aliphatic rings. The Bertz CT molecular complexity index is 905. The second-order valence-electron chi connectivity index (χ2n) is 6.05. The third-order valence-corrected chi connectivity index (χ3v) is 4.92. The normalized spacial score (nSPS) is 10.7. The Labute approximate surface area is 157 Å². The maximum absolute atomic E-state index is 12.2. The van der Waals surface area contributed by atoms with Crippen LogP contribution < -0.4 is 5.32 Å². The lowest BCUT2D eigenvalue weighted by Gasteiger charge is -2.09. The molecule has 0 aliphatic heterocycles. The van der Waals surface area contributed by atoms with Gasteiger partial charge in [0.2, 0.25) is 11.1 Å². The zero-order chi connectivity index (χ0) is 18.5. The predicted molar refractivity (Wildman–Crippen MR) is 104 cm³/mol. The van der Waals surface area contributed by atoms with Crippen LogP contribution in [0.1, 0.15) is 23.6 Å².